The van der Waals surface area contributed by atoms with Gasteiger partial charge >= 0.3 is 0 Å². The Morgan fingerprint density at radius 3 is 2.67 bits per heavy atom. The van der Waals surface area contributed by atoms with Crippen LogP contribution in [0.15, 0.2) is 11.3 Å². The van der Waals surface area contributed by atoms with Gasteiger partial charge in [0.15, 0.2) is 6.29 Å². The summed E-state index contributed by atoms with van der Waals surface area (Å²) in [4.78, 5) is 7.25. The van der Waals surface area contributed by atoms with Crippen molar-refractivity contribution in [2.45, 2.75) is 6.29 Å². The van der Waals surface area contributed by atoms with Crippen LogP contribution in [0.4, 0.5) is 5.95 Å². The monoisotopic (exact) mass is 170 g/mol. The summed E-state index contributed by atoms with van der Waals surface area (Å²) in [6.45, 7) is 0. The van der Waals surface area contributed by atoms with Crippen molar-refractivity contribution >= 4 is 11.9 Å². The molecule has 0 spiro atoms. The Balaban J connectivity index is 2.84. The van der Waals surface area contributed by atoms with Gasteiger partial charge in [0.1, 0.15) is 6.33 Å². The fraction of sp³-hybridized carbons (Fsp3) is 0.250. The van der Waals surface area contributed by atoms with Gasteiger partial charge in [0.25, 0.3) is 0 Å². The highest BCUT2D eigenvalue weighted by Gasteiger charge is 2.00. The Morgan fingerprint density at radius 2 is 2.25 bits per heavy atom. The van der Waals surface area contributed by atoms with Crippen LogP contribution in [0, 0.1) is 0 Å². The molecule has 1 aromatic rings. The molecule has 66 valence electrons. The van der Waals surface area contributed by atoms with E-state index in [4.69, 9.17) is 22.9 Å². The Kier molecular flexibility index (Phi) is 2.21. The van der Waals surface area contributed by atoms with Crippen molar-refractivity contribution in [3.05, 3.63) is 6.33 Å². The first-order valence-corrected chi connectivity index (χ1v) is 3.11. The van der Waals surface area contributed by atoms with E-state index in [-0.39, 0.29) is 11.9 Å². The summed E-state index contributed by atoms with van der Waals surface area (Å²) in [5.74, 6) is 0.160. The van der Waals surface area contributed by atoms with Gasteiger partial charge in [0, 0.05) is 0 Å². The number of nitrogen functional groups attached to an aromatic ring is 1. The summed E-state index contributed by atoms with van der Waals surface area (Å²) >= 11 is 0. The quantitative estimate of drug-likeness (QED) is 0.203. The molecule has 8 N–H and O–H groups in total. The maximum absolute atomic E-state index is 5.40. The molecule has 0 radical (unpaired) electrons. The fourth-order valence-electron chi connectivity index (χ4n) is 0.598. The van der Waals surface area contributed by atoms with Gasteiger partial charge in [-0.2, -0.15) is 4.68 Å². The fourth-order valence-corrected chi connectivity index (χ4v) is 0.598. The minimum Gasteiger partial charge on any atom is -0.368 e. The minimum atomic E-state index is -0.865. The first-order valence-electron chi connectivity index (χ1n) is 3.11. The van der Waals surface area contributed by atoms with Crippen molar-refractivity contribution < 1.29 is 0 Å². The lowest BCUT2D eigenvalue weighted by molar-refractivity contribution is 0.736. The van der Waals surface area contributed by atoms with E-state index in [0.29, 0.717) is 0 Å². The van der Waals surface area contributed by atoms with Gasteiger partial charge in [-0.1, -0.05) is 0 Å². The predicted molar refractivity (Wildman–Crippen MR) is 43.6 cm³/mol. The average Bonchev–Trinajstić information content (AvgIpc) is 2.34. The van der Waals surface area contributed by atoms with Crippen LogP contribution in [-0.4, -0.2) is 27.0 Å². The van der Waals surface area contributed by atoms with E-state index in [0.717, 1.165) is 0 Å². The van der Waals surface area contributed by atoms with Gasteiger partial charge in [-0.3, -0.25) is 11.5 Å². The van der Waals surface area contributed by atoms with E-state index < -0.39 is 6.29 Å². The molecule has 0 unspecified atom stereocenters. The van der Waals surface area contributed by atoms with Crippen LogP contribution in [0.25, 0.3) is 0 Å². The second-order valence-electron chi connectivity index (χ2n) is 2.03. The number of anilines is 1. The Bertz CT molecular complexity index is 285. The van der Waals surface area contributed by atoms with Crippen molar-refractivity contribution in [1.29, 1.82) is 0 Å². The maximum Gasteiger partial charge on any atom is 0.239 e. The molecular formula is C4H10N8. The molecule has 0 bridgehead atoms. The molecule has 0 atom stereocenters. The van der Waals surface area contributed by atoms with Crippen LogP contribution in [0.3, 0.4) is 0 Å². The summed E-state index contributed by atoms with van der Waals surface area (Å²) < 4.78 is 1.18. The average molecular weight is 170 g/mol. The van der Waals surface area contributed by atoms with E-state index in [9.17, 15) is 0 Å². The summed E-state index contributed by atoms with van der Waals surface area (Å²) in [5, 5.41) is 3.68. The number of nitrogens with zero attached hydrogens (tertiary/aromatic N) is 4. The van der Waals surface area contributed by atoms with Crippen molar-refractivity contribution in [3.8, 4) is 0 Å². The number of nitrogens with two attached hydrogens (primary N) is 4. The van der Waals surface area contributed by atoms with Crippen molar-refractivity contribution in [2.24, 2.45) is 22.2 Å². The van der Waals surface area contributed by atoms with Crippen LogP contribution in [0.1, 0.15) is 0 Å². The second kappa shape index (κ2) is 3.15. The number of rotatable bonds is 1. The third kappa shape index (κ3) is 1.90. The molecule has 8 nitrogen and oxygen atoms in total. The van der Waals surface area contributed by atoms with Gasteiger partial charge < -0.3 is 11.5 Å². The zero-order valence-corrected chi connectivity index (χ0v) is 6.25. The zero-order valence-electron chi connectivity index (χ0n) is 6.25. The summed E-state index contributed by atoms with van der Waals surface area (Å²) in [6, 6.07) is 0. The highest BCUT2D eigenvalue weighted by molar-refractivity contribution is 5.79. The van der Waals surface area contributed by atoms with Crippen LogP contribution in [-0.2, 0) is 0 Å². The summed E-state index contributed by atoms with van der Waals surface area (Å²) in [7, 11) is 0. The van der Waals surface area contributed by atoms with Crippen LogP contribution < -0.4 is 22.9 Å². The molecule has 0 aliphatic heterocycles. The van der Waals surface area contributed by atoms with Gasteiger partial charge in [0.05, 0.1) is 0 Å². The lowest BCUT2D eigenvalue weighted by Gasteiger charge is -2.00. The predicted octanol–water partition coefficient (Wildman–Crippen LogP) is -2.78. The van der Waals surface area contributed by atoms with E-state index in [1.165, 1.54) is 11.0 Å². The summed E-state index contributed by atoms with van der Waals surface area (Å²) in [6.07, 6.45) is 0.451. The molecule has 0 aliphatic rings. The molecule has 0 fully saturated rings. The number of hydrogen-bond acceptors (Lipinski definition) is 6. The molecule has 1 rings (SSSR count). The molecule has 0 amide bonds. The van der Waals surface area contributed by atoms with Crippen molar-refractivity contribution in [1.82, 2.24) is 14.8 Å². The highest BCUT2D eigenvalue weighted by Crippen LogP contribution is 1.87. The molecule has 0 saturated heterocycles. The van der Waals surface area contributed by atoms with Crippen LogP contribution in [0.2, 0.25) is 0 Å². The minimum absolute atomic E-state index is 0.0502. The Labute approximate surface area is 68.2 Å². The topological polar surface area (TPSA) is 147 Å². The lowest BCUT2D eigenvalue weighted by atomic mass is 10.9. The van der Waals surface area contributed by atoms with Crippen LogP contribution >= 0.6 is 0 Å². The molecule has 8 heteroatoms. The van der Waals surface area contributed by atoms with E-state index in [1.807, 2.05) is 0 Å². The third-order valence-electron chi connectivity index (χ3n) is 1.03. The van der Waals surface area contributed by atoms with Gasteiger partial charge in [0.2, 0.25) is 11.9 Å². The van der Waals surface area contributed by atoms with Gasteiger partial charge in [-0.25, -0.2) is 9.98 Å². The Morgan fingerprint density at radius 1 is 1.58 bits per heavy atom. The largest absolute Gasteiger partial charge is 0.368 e. The van der Waals surface area contributed by atoms with E-state index >= 15 is 0 Å². The molecule has 1 aromatic heterocycles. The van der Waals surface area contributed by atoms with E-state index in [1.54, 1.807) is 0 Å². The molecule has 1 heterocycles. The number of aliphatic imine (C=N–C) groups is 1. The van der Waals surface area contributed by atoms with Gasteiger partial charge in [-0.05, 0) is 0 Å². The van der Waals surface area contributed by atoms with Gasteiger partial charge in [-0.15, -0.1) is 5.10 Å². The van der Waals surface area contributed by atoms with Crippen molar-refractivity contribution in [2.75, 3.05) is 5.73 Å². The smallest absolute Gasteiger partial charge is 0.239 e. The first-order chi connectivity index (χ1) is 5.59. The third-order valence-corrected chi connectivity index (χ3v) is 1.03. The van der Waals surface area contributed by atoms with E-state index in [2.05, 4.69) is 15.1 Å². The van der Waals surface area contributed by atoms with Crippen LogP contribution in [0.5, 0.6) is 0 Å². The normalized spacial score (nSPS) is 12.4. The zero-order chi connectivity index (χ0) is 9.14. The molecule has 12 heavy (non-hydrogen) atoms. The lowest BCUT2D eigenvalue weighted by Crippen LogP contribution is -2.34. The highest BCUT2D eigenvalue weighted by atomic mass is 15.4. The number of hydrogen-bond donors (Lipinski definition) is 4. The molecular weight excluding hydrogens is 160 g/mol. The maximum atomic E-state index is 5.40. The number of aromatic nitrogens is 3. The summed E-state index contributed by atoms with van der Waals surface area (Å²) in [5.41, 5.74) is 20.9. The molecule has 0 saturated carbocycles. The Hall–Kier alpha value is -1.67. The van der Waals surface area contributed by atoms with Crippen molar-refractivity contribution in [3.63, 3.8) is 0 Å². The standard InChI is InChI=1S/C4H10N8/c5-2(6)10-4(8)12-1-9-3(7)11-12/h1-2H,5-6H2,(H2,7,11)(H2,8,10). The molecule has 0 aliphatic carbocycles. The molecule has 0 aromatic carbocycles. The second-order valence-corrected chi connectivity index (χ2v) is 2.03. The first kappa shape index (κ1) is 8.43. The SMILES string of the molecule is N/C(=N\C(N)N)n1cnc(N)n1.